The molecule has 2 heterocycles. The number of nitrogens with zero attached hydrogens (tertiary/aromatic N) is 3. The molecule has 9 heteroatoms. The zero-order valence-electron chi connectivity index (χ0n) is 19.2. The highest BCUT2D eigenvalue weighted by Gasteiger charge is 2.28. The molecule has 2 N–H and O–H groups in total. The van der Waals surface area contributed by atoms with Crippen LogP contribution in [-0.2, 0) is 6.42 Å². The second-order valence-electron chi connectivity index (χ2n) is 7.45. The number of nitrogens with one attached hydrogen (secondary N) is 1. The third kappa shape index (κ3) is 4.45. The van der Waals surface area contributed by atoms with Gasteiger partial charge in [-0.1, -0.05) is 0 Å². The van der Waals surface area contributed by atoms with Crippen molar-refractivity contribution in [1.82, 2.24) is 14.8 Å². The van der Waals surface area contributed by atoms with Crippen molar-refractivity contribution in [2.24, 2.45) is 0 Å². The van der Waals surface area contributed by atoms with E-state index in [0.717, 1.165) is 16.8 Å². The number of benzene rings is 2. The molecule has 0 radical (unpaired) electrons. The smallest absolute Gasteiger partial charge is 0.226 e. The number of hydrogen-bond donors (Lipinski definition) is 2. The quantitative estimate of drug-likeness (QED) is 0.510. The number of aromatic nitrogens is 3. The van der Waals surface area contributed by atoms with Gasteiger partial charge in [-0.15, -0.1) is 0 Å². The summed E-state index contributed by atoms with van der Waals surface area (Å²) >= 11 is 0. The molecule has 1 aliphatic rings. The molecular formula is C24H28N4O5. The van der Waals surface area contributed by atoms with Crippen LogP contribution in [0.25, 0.3) is 5.70 Å². The summed E-state index contributed by atoms with van der Waals surface area (Å²) in [5, 5.41) is 17.3. The molecule has 1 aromatic heterocycles. The first-order valence-electron chi connectivity index (χ1n) is 10.6. The van der Waals surface area contributed by atoms with E-state index < -0.39 is 0 Å². The van der Waals surface area contributed by atoms with Gasteiger partial charge in [0.25, 0.3) is 0 Å². The first-order valence-corrected chi connectivity index (χ1v) is 10.6. The average Bonchev–Trinajstić information content (AvgIpc) is 3.28. The Bertz CT molecular complexity index is 1160. The van der Waals surface area contributed by atoms with Crippen LogP contribution in [0.5, 0.6) is 23.0 Å². The van der Waals surface area contributed by atoms with Crippen LogP contribution in [0.1, 0.15) is 29.4 Å². The molecule has 33 heavy (non-hydrogen) atoms. The number of aliphatic hydroxyl groups excluding tert-OH is 1. The van der Waals surface area contributed by atoms with Gasteiger partial charge in [0.1, 0.15) is 17.5 Å². The Morgan fingerprint density at radius 1 is 0.939 bits per heavy atom. The largest absolute Gasteiger partial charge is 0.497 e. The minimum Gasteiger partial charge on any atom is -0.497 e. The maximum absolute atomic E-state index is 9.22. The fourth-order valence-corrected chi connectivity index (χ4v) is 3.84. The average molecular weight is 453 g/mol. The summed E-state index contributed by atoms with van der Waals surface area (Å²) < 4.78 is 23.7. The number of ether oxygens (including phenoxy) is 4. The number of anilines is 1. The van der Waals surface area contributed by atoms with E-state index in [2.05, 4.69) is 16.4 Å². The fraction of sp³-hybridized carbons (Fsp3) is 0.333. The van der Waals surface area contributed by atoms with Crippen molar-refractivity contribution in [3.63, 3.8) is 0 Å². The third-order valence-corrected chi connectivity index (χ3v) is 5.52. The molecule has 0 saturated carbocycles. The number of allylic oxidation sites excluding steroid dienone is 1. The summed E-state index contributed by atoms with van der Waals surface area (Å²) in [7, 11) is 6.47. The molecule has 1 aliphatic heterocycles. The van der Waals surface area contributed by atoms with Crippen molar-refractivity contribution < 1.29 is 24.1 Å². The van der Waals surface area contributed by atoms with E-state index in [1.165, 1.54) is 0 Å². The second kappa shape index (κ2) is 9.83. The zero-order chi connectivity index (χ0) is 23.4. The van der Waals surface area contributed by atoms with Crippen LogP contribution in [0.3, 0.4) is 0 Å². The maximum atomic E-state index is 9.22. The predicted octanol–water partition coefficient (Wildman–Crippen LogP) is 3.29. The fourth-order valence-electron chi connectivity index (χ4n) is 3.84. The standard InChI is InChI=1S/C24H28N4O5/c1-30-16-8-9-17(21(13-16)32-3)19-14-18(15-7-10-20(31-2)22(12-15)33-4)25-24-26-23(6-5-11-29)27-28(19)24/h7-10,12-14,19,29H,5-6,11H2,1-4H3,(H,25,26,27)/t19-/m1/s1. The monoisotopic (exact) mass is 452 g/mol. The summed E-state index contributed by atoms with van der Waals surface area (Å²) in [6.45, 7) is 0.0855. The molecule has 174 valence electrons. The Morgan fingerprint density at radius 2 is 1.73 bits per heavy atom. The molecule has 2 aromatic carbocycles. The van der Waals surface area contributed by atoms with E-state index in [0.29, 0.717) is 47.6 Å². The maximum Gasteiger partial charge on any atom is 0.226 e. The van der Waals surface area contributed by atoms with Gasteiger partial charge in [0.2, 0.25) is 5.95 Å². The lowest BCUT2D eigenvalue weighted by Gasteiger charge is -2.26. The number of aliphatic hydroxyl groups is 1. The van der Waals surface area contributed by atoms with Gasteiger partial charge in [-0.05, 0) is 42.8 Å². The highest BCUT2D eigenvalue weighted by Crippen LogP contribution is 2.39. The van der Waals surface area contributed by atoms with Gasteiger partial charge in [-0.2, -0.15) is 10.1 Å². The normalized spacial score (nSPS) is 14.7. The minimum absolute atomic E-state index is 0.0855. The first-order chi connectivity index (χ1) is 16.1. The van der Waals surface area contributed by atoms with Gasteiger partial charge < -0.3 is 29.4 Å². The topological polar surface area (TPSA) is 99.9 Å². The lowest BCUT2D eigenvalue weighted by molar-refractivity contribution is 0.287. The molecule has 1 atom stereocenters. The van der Waals surface area contributed by atoms with Crippen LogP contribution in [0.4, 0.5) is 5.95 Å². The number of methoxy groups -OCH3 is 4. The molecule has 0 fully saturated rings. The molecule has 0 bridgehead atoms. The molecule has 0 aliphatic carbocycles. The lowest BCUT2D eigenvalue weighted by Crippen LogP contribution is -2.20. The lowest BCUT2D eigenvalue weighted by atomic mass is 10.0. The molecule has 0 spiro atoms. The van der Waals surface area contributed by atoms with Crippen LogP contribution in [-0.4, -0.2) is 54.9 Å². The van der Waals surface area contributed by atoms with Crippen molar-refractivity contribution in [3.8, 4) is 23.0 Å². The van der Waals surface area contributed by atoms with Crippen molar-refractivity contribution >= 4 is 11.6 Å². The van der Waals surface area contributed by atoms with E-state index in [-0.39, 0.29) is 12.6 Å². The van der Waals surface area contributed by atoms with Crippen LogP contribution < -0.4 is 24.3 Å². The Hall–Kier alpha value is -3.72. The number of hydrogen-bond acceptors (Lipinski definition) is 8. The SMILES string of the molecule is COc1ccc([C@H]2C=C(c3ccc(OC)c(OC)c3)Nc3nc(CCCO)nn32)c(OC)c1. The van der Waals surface area contributed by atoms with Crippen LogP contribution >= 0.6 is 0 Å². The van der Waals surface area contributed by atoms with Gasteiger partial charge in [0, 0.05) is 35.9 Å². The molecular weight excluding hydrogens is 424 g/mol. The highest BCUT2D eigenvalue weighted by molar-refractivity contribution is 5.78. The molecule has 3 aromatic rings. The summed E-state index contributed by atoms with van der Waals surface area (Å²) in [5.74, 6) is 3.94. The van der Waals surface area contributed by atoms with Crippen molar-refractivity contribution in [1.29, 1.82) is 0 Å². The molecule has 0 saturated heterocycles. The summed E-state index contributed by atoms with van der Waals surface area (Å²) in [4.78, 5) is 4.67. The van der Waals surface area contributed by atoms with Gasteiger partial charge in [0.05, 0.1) is 28.4 Å². The molecule has 0 amide bonds. The summed E-state index contributed by atoms with van der Waals surface area (Å²) in [5.41, 5.74) is 2.68. The van der Waals surface area contributed by atoms with Crippen molar-refractivity contribution in [2.75, 3.05) is 40.4 Å². The third-order valence-electron chi connectivity index (χ3n) is 5.52. The van der Waals surface area contributed by atoms with Crippen LogP contribution in [0, 0.1) is 0 Å². The van der Waals surface area contributed by atoms with Crippen LogP contribution in [0.15, 0.2) is 42.5 Å². The molecule has 9 nitrogen and oxygen atoms in total. The van der Waals surface area contributed by atoms with Gasteiger partial charge >= 0.3 is 0 Å². The minimum atomic E-state index is -0.277. The Balaban J connectivity index is 1.82. The Kier molecular flexibility index (Phi) is 6.69. The van der Waals surface area contributed by atoms with E-state index in [1.807, 2.05) is 41.1 Å². The van der Waals surface area contributed by atoms with Gasteiger partial charge in [-0.3, -0.25) is 0 Å². The number of fused-ring (bicyclic) bond motifs is 1. The van der Waals surface area contributed by atoms with E-state index >= 15 is 0 Å². The van der Waals surface area contributed by atoms with E-state index in [1.54, 1.807) is 28.4 Å². The van der Waals surface area contributed by atoms with Crippen molar-refractivity contribution in [3.05, 3.63) is 59.4 Å². The van der Waals surface area contributed by atoms with E-state index in [4.69, 9.17) is 24.0 Å². The Morgan fingerprint density at radius 3 is 2.42 bits per heavy atom. The molecule has 4 rings (SSSR count). The number of rotatable bonds is 9. The highest BCUT2D eigenvalue weighted by atomic mass is 16.5. The van der Waals surface area contributed by atoms with E-state index in [9.17, 15) is 5.11 Å². The van der Waals surface area contributed by atoms with Gasteiger partial charge in [0.15, 0.2) is 17.3 Å². The van der Waals surface area contributed by atoms with Gasteiger partial charge in [-0.25, -0.2) is 4.68 Å². The second-order valence-corrected chi connectivity index (χ2v) is 7.45. The number of aryl methyl sites for hydroxylation is 1. The summed E-state index contributed by atoms with van der Waals surface area (Å²) in [6, 6.07) is 11.2. The van der Waals surface area contributed by atoms with Crippen LogP contribution in [0.2, 0.25) is 0 Å². The summed E-state index contributed by atoms with van der Waals surface area (Å²) in [6.07, 6.45) is 3.25. The zero-order valence-corrected chi connectivity index (χ0v) is 19.2. The molecule has 0 unspecified atom stereocenters. The Labute approximate surface area is 192 Å². The van der Waals surface area contributed by atoms with Crippen molar-refractivity contribution in [2.45, 2.75) is 18.9 Å². The predicted molar refractivity (Wildman–Crippen MR) is 124 cm³/mol. The first kappa shape index (κ1) is 22.5.